The summed E-state index contributed by atoms with van der Waals surface area (Å²) in [7, 11) is 0. The molecular weight excluding hydrogens is 404 g/mol. The van der Waals surface area contributed by atoms with E-state index in [1.54, 1.807) is 6.92 Å². The Morgan fingerprint density at radius 3 is 2.36 bits per heavy atom. The lowest BCUT2D eigenvalue weighted by molar-refractivity contribution is -0.155. The van der Waals surface area contributed by atoms with E-state index in [1.807, 2.05) is 11.1 Å². The number of carbonyl (C=O) groups is 1. The number of hydrogen-bond acceptors (Lipinski definition) is 2. The Kier molecular flexibility index (Phi) is 6.91. The molecule has 0 saturated heterocycles. The quantitative estimate of drug-likeness (QED) is 0.295. The Morgan fingerprint density at radius 2 is 1.70 bits per heavy atom. The summed E-state index contributed by atoms with van der Waals surface area (Å²) < 4.78 is 5.77. The van der Waals surface area contributed by atoms with Gasteiger partial charge in [0.05, 0.1) is 0 Å². The van der Waals surface area contributed by atoms with E-state index < -0.39 is 0 Å². The van der Waals surface area contributed by atoms with Crippen molar-refractivity contribution < 1.29 is 9.53 Å². The number of hydrogen-bond donors (Lipinski definition) is 0. The van der Waals surface area contributed by atoms with Gasteiger partial charge in [-0.05, 0) is 97.2 Å². The smallest absolute Gasteiger partial charge is 0.302 e. The molecule has 0 amide bonds. The first-order valence-corrected chi connectivity index (χ1v) is 14.3. The molecule has 0 aromatic heterocycles. The van der Waals surface area contributed by atoms with Gasteiger partial charge >= 0.3 is 5.97 Å². The summed E-state index contributed by atoms with van der Waals surface area (Å²) in [6.45, 7) is 19.2. The molecule has 0 aromatic carbocycles. The van der Waals surface area contributed by atoms with Crippen LogP contribution in [0.25, 0.3) is 0 Å². The molecule has 188 valence electrons. The summed E-state index contributed by atoms with van der Waals surface area (Å²) >= 11 is 0. The van der Waals surface area contributed by atoms with Crippen molar-refractivity contribution in [2.75, 3.05) is 0 Å². The Bertz CT molecular complexity index is 780. The van der Waals surface area contributed by atoms with Crippen LogP contribution >= 0.6 is 0 Å². The third-order valence-corrected chi connectivity index (χ3v) is 11.8. The number of fused-ring (bicyclic) bond motifs is 4. The van der Waals surface area contributed by atoms with Gasteiger partial charge in [-0.2, -0.15) is 0 Å². The zero-order valence-corrected chi connectivity index (χ0v) is 23.1. The molecule has 4 aliphatic rings. The number of allylic oxidation sites excluding steroid dienone is 2. The van der Waals surface area contributed by atoms with Crippen LogP contribution in [-0.2, 0) is 9.53 Å². The highest BCUT2D eigenvalue weighted by Gasteiger charge is 2.62. The largest absolute Gasteiger partial charge is 0.462 e. The maximum atomic E-state index is 11.7. The van der Waals surface area contributed by atoms with Crippen molar-refractivity contribution in [1.82, 2.24) is 0 Å². The van der Waals surface area contributed by atoms with Crippen molar-refractivity contribution in [3.63, 3.8) is 0 Å². The molecule has 0 aliphatic heterocycles. The molecule has 2 fully saturated rings. The summed E-state index contributed by atoms with van der Waals surface area (Å²) in [5.41, 5.74) is 4.90. The lowest BCUT2D eigenvalue weighted by atomic mass is 9.45. The van der Waals surface area contributed by atoms with Crippen LogP contribution in [0.2, 0.25) is 0 Å². The second kappa shape index (κ2) is 9.02. The van der Waals surface area contributed by atoms with Crippen molar-refractivity contribution in [3.8, 4) is 0 Å². The molecule has 2 nitrogen and oxygen atoms in total. The summed E-state index contributed by atoms with van der Waals surface area (Å²) in [6.07, 6.45) is 14.6. The van der Waals surface area contributed by atoms with Gasteiger partial charge in [-0.1, -0.05) is 78.9 Å². The molecule has 0 heterocycles. The van der Waals surface area contributed by atoms with Crippen LogP contribution in [0.4, 0.5) is 0 Å². The summed E-state index contributed by atoms with van der Waals surface area (Å²) in [5, 5.41) is 0. The van der Waals surface area contributed by atoms with Crippen molar-refractivity contribution in [3.05, 3.63) is 11.1 Å². The lowest BCUT2D eigenvalue weighted by Gasteiger charge is -2.60. The Morgan fingerprint density at radius 1 is 0.970 bits per heavy atom. The van der Waals surface area contributed by atoms with Gasteiger partial charge in [0, 0.05) is 6.92 Å². The van der Waals surface area contributed by atoms with E-state index >= 15 is 0 Å². The Hall–Kier alpha value is -0.790. The fourth-order valence-corrected chi connectivity index (χ4v) is 9.67. The van der Waals surface area contributed by atoms with Crippen LogP contribution in [0.5, 0.6) is 0 Å². The van der Waals surface area contributed by atoms with Crippen LogP contribution in [0, 0.1) is 45.8 Å². The molecule has 0 radical (unpaired) electrons. The zero-order chi connectivity index (χ0) is 24.2. The van der Waals surface area contributed by atoms with Crippen molar-refractivity contribution in [2.24, 2.45) is 45.8 Å². The van der Waals surface area contributed by atoms with E-state index in [0.717, 1.165) is 24.2 Å². The highest BCUT2D eigenvalue weighted by Crippen LogP contribution is 2.71. The summed E-state index contributed by atoms with van der Waals surface area (Å²) in [4.78, 5) is 11.7. The monoisotopic (exact) mass is 456 g/mol. The predicted octanol–water partition coefficient (Wildman–Crippen LogP) is 8.74. The molecule has 4 aliphatic carbocycles. The lowest BCUT2D eigenvalue weighted by Crippen LogP contribution is -2.52. The first-order valence-electron chi connectivity index (χ1n) is 14.3. The molecule has 8 atom stereocenters. The van der Waals surface area contributed by atoms with Crippen LogP contribution in [0.1, 0.15) is 126 Å². The number of carbonyl (C=O) groups excluding carboxylic acids is 1. The molecule has 0 spiro atoms. The van der Waals surface area contributed by atoms with Crippen LogP contribution in [-0.4, -0.2) is 12.1 Å². The maximum Gasteiger partial charge on any atom is 0.302 e. The van der Waals surface area contributed by atoms with Gasteiger partial charge in [0.25, 0.3) is 0 Å². The van der Waals surface area contributed by atoms with Crippen LogP contribution in [0.3, 0.4) is 0 Å². The molecule has 0 aromatic rings. The van der Waals surface area contributed by atoms with Crippen molar-refractivity contribution in [1.29, 1.82) is 0 Å². The third kappa shape index (κ3) is 4.04. The molecule has 0 bridgehead atoms. The minimum absolute atomic E-state index is 0.105. The first kappa shape index (κ1) is 25.3. The van der Waals surface area contributed by atoms with Gasteiger partial charge < -0.3 is 4.74 Å². The second-order valence-corrected chi connectivity index (χ2v) is 13.8. The van der Waals surface area contributed by atoms with Crippen LogP contribution < -0.4 is 0 Å². The molecule has 8 unspecified atom stereocenters. The van der Waals surface area contributed by atoms with Gasteiger partial charge in [-0.15, -0.1) is 0 Å². The van der Waals surface area contributed by atoms with E-state index in [2.05, 4.69) is 48.5 Å². The number of rotatable bonds is 6. The van der Waals surface area contributed by atoms with Gasteiger partial charge in [-0.3, -0.25) is 4.79 Å². The van der Waals surface area contributed by atoms with Crippen molar-refractivity contribution >= 4 is 5.97 Å². The highest BCUT2D eigenvalue weighted by atomic mass is 16.5. The van der Waals surface area contributed by atoms with E-state index in [0.29, 0.717) is 28.1 Å². The predicted molar refractivity (Wildman–Crippen MR) is 138 cm³/mol. The second-order valence-electron chi connectivity index (χ2n) is 13.8. The number of ether oxygens (including phenoxy) is 1. The fraction of sp³-hybridized carbons (Fsp3) is 0.903. The normalized spacial score (nSPS) is 43.7. The minimum atomic E-state index is -0.105. The molecular formula is C31H52O2. The average Bonchev–Trinajstić information content (AvgIpc) is 3.01. The fourth-order valence-electron chi connectivity index (χ4n) is 9.67. The highest BCUT2D eigenvalue weighted by molar-refractivity contribution is 5.66. The SMILES string of the molecule is CC(=O)OC1CCC2(C)C3=C(CCC2C1C)C1(C)CCC(C(C)CCCC(C)C)C1(C)CC3. The number of esters is 1. The van der Waals surface area contributed by atoms with E-state index in [4.69, 9.17) is 4.74 Å². The third-order valence-electron chi connectivity index (χ3n) is 11.8. The van der Waals surface area contributed by atoms with Crippen LogP contribution in [0.15, 0.2) is 11.1 Å². The zero-order valence-electron chi connectivity index (χ0n) is 23.1. The average molecular weight is 457 g/mol. The van der Waals surface area contributed by atoms with Crippen molar-refractivity contribution in [2.45, 2.75) is 132 Å². The summed E-state index contributed by atoms with van der Waals surface area (Å²) in [5.74, 6) is 3.59. The Labute approximate surface area is 204 Å². The van der Waals surface area contributed by atoms with Gasteiger partial charge in [0.1, 0.15) is 6.10 Å². The van der Waals surface area contributed by atoms with Gasteiger partial charge in [-0.25, -0.2) is 0 Å². The van der Waals surface area contributed by atoms with E-state index in [-0.39, 0.29) is 12.1 Å². The van der Waals surface area contributed by atoms with E-state index in [1.165, 1.54) is 64.2 Å². The molecule has 2 heteroatoms. The standard InChI is InChI=1S/C31H52O2/c1-20(2)10-9-11-21(3)24-14-18-31(8)27-13-12-25-22(4)28(33-23(5)32)16-17-29(25,6)26(27)15-19-30(24,31)7/h20-22,24-25,28H,9-19H2,1-8H3. The van der Waals surface area contributed by atoms with Gasteiger partial charge in [0.15, 0.2) is 0 Å². The first-order chi connectivity index (χ1) is 15.4. The Balaban J connectivity index is 1.58. The van der Waals surface area contributed by atoms with E-state index in [9.17, 15) is 4.79 Å². The van der Waals surface area contributed by atoms with Gasteiger partial charge in [0.2, 0.25) is 0 Å². The topological polar surface area (TPSA) is 26.3 Å². The molecule has 2 saturated carbocycles. The molecule has 33 heavy (non-hydrogen) atoms. The maximum absolute atomic E-state index is 11.7. The minimum Gasteiger partial charge on any atom is -0.462 e. The molecule has 0 N–H and O–H groups in total. The molecule has 4 rings (SSSR count). The summed E-state index contributed by atoms with van der Waals surface area (Å²) in [6, 6.07) is 0.